The standard InChI is InChI=1S/C31H38FN7O2/c1-5-22-23(8-9-24(32)30(22)40)20-6-7-21-13-34-39(28(21)11-20)18(2)10-29-35-25-12-26(33-14-27(25)36-29)31(41)38-16-19(17-38)15-37(3)4/h6-9,11,13,18-19,26,33,40H,5,10,12,14-17H2,1-4H3,(H,35,36)/t18?,26-/m0/s1. The molecule has 41 heavy (non-hydrogen) atoms. The number of nitrogens with zero attached hydrogens (tertiary/aromatic N) is 5. The smallest absolute Gasteiger partial charge is 0.240 e. The molecule has 9 nitrogen and oxygen atoms in total. The van der Waals surface area contributed by atoms with Crippen LogP contribution in [0.15, 0.2) is 36.5 Å². The van der Waals surface area contributed by atoms with Crippen LogP contribution in [0.4, 0.5) is 4.39 Å². The van der Waals surface area contributed by atoms with E-state index in [9.17, 15) is 14.3 Å². The van der Waals surface area contributed by atoms with Crippen molar-refractivity contribution < 1.29 is 14.3 Å². The van der Waals surface area contributed by atoms with E-state index in [2.05, 4.69) is 47.4 Å². The van der Waals surface area contributed by atoms with Crippen LogP contribution >= 0.6 is 0 Å². The highest BCUT2D eigenvalue weighted by molar-refractivity contribution is 5.86. The number of amides is 1. The fourth-order valence-corrected chi connectivity index (χ4v) is 6.34. The number of aromatic amines is 1. The molecule has 0 saturated carbocycles. The molecule has 4 aromatic rings. The van der Waals surface area contributed by atoms with Gasteiger partial charge in [-0.1, -0.05) is 25.1 Å². The summed E-state index contributed by atoms with van der Waals surface area (Å²) >= 11 is 0. The third-order valence-electron chi connectivity index (χ3n) is 8.43. The quantitative estimate of drug-likeness (QED) is 0.305. The summed E-state index contributed by atoms with van der Waals surface area (Å²) in [5.41, 5.74) is 5.29. The predicted octanol–water partition coefficient (Wildman–Crippen LogP) is 3.67. The Balaban J connectivity index is 1.16. The Morgan fingerprint density at radius 3 is 2.80 bits per heavy atom. The van der Waals surface area contributed by atoms with Crippen molar-refractivity contribution in [1.82, 2.24) is 34.9 Å². The number of carbonyl (C=O) groups excluding carboxylic acids is 1. The van der Waals surface area contributed by atoms with Gasteiger partial charge < -0.3 is 19.9 Å². The third kappa shape index (κ3) is 5.22. The van der Waals surface area contributed by atoms with Crippen LogP contribution in [0, 0.1) is 11.7 Å². The number of aromatic hydroxyl groups is 1. The molecule has 1 unspecified atom stereocenters. The summed E-state index contributed by atoms with van der Waals surface area (Å²) in [5, 5.41) is 19.4. The predicted molar refractivity (Wildman–Crippen MR) is 156 cm³/mol. The molecule has 4 heterocycles. The minimum atomic E-state index is -0.605. The van der Waals surface area contributed by atoms with Gasteiger partial charge in [0.25, 0.3) is 0 Å². The molecule has 0 bridgehead atoms. The normalized spacial score (nSPS) is 18.1. The minimum Gasteiger partial charge on any atom is -0.505 e. The molecular weight excluding hydrogens is 521 g/mol. The molecule has 2 atom stereocenters. The summed E-state index contributed by atoms with van der Waals surface area (Å²) in [6, 6.07) is 8.87. The number of aromatic nitrogens is 4. The van der Waals surface area contributed by atoms with Gasteiger partial charge in [-0.15, -0.1) is 0 Å². The Morgan fingerprint density at radius 1 is 1.24 bits per heavy atom. The van der Waals surface area contributed by atoms with E-state index in [-0.39, 0.29) is 23.7 Å². The lowest BCUT2D eigenvalue weighted by molar-refractivity contribution is -0.140. The number of hydrogen-bond donors (Lipinski definition) is 3. The second kappa shape index (κ2) is 10.9. The van der Waals surface area contributed by atoms with Crippen LogP contribution in [0.1, 0.15) is 42.7 Å². The van der Waals surface area contributed by atoms with E-state index < -0.39 is 5.82 Å². The van der Waals surface area contributed by atoms with Crippen molar-refractivity contribution in [2.75, 3.05) is 33.7 Å². The molecule has 1 fully saturated rings. The lowest BCUT2D eigenvalue weighted by atomic mass is 9.96. The average molecular weight is 560 g/mol. The number of phenols is 1. The fourth-order valence-electron chi connectivity index (χ4n) is 6.34. The Morgan fingerprint density at radius 2 is 2.05 bits per heavy atom. The Bertz CT molecular complexity index is 1590. The number of carbonyl (C=O) groups is 1. The van der Waals surface area contributed by atoms with Gasteiger partial charge in [0, 0.05) is 55.9 Å². The summed E-state index contributed by atoms with van der Waals surface area (Å²) in [7, 11) is 4.14. The van der Waals surface area contributed by atoms with E-state index in [0.29, 0.717) is 37.3 Å². The van der Waals surface area contributed by atoms with E-state index in [1.54, 1.807) is 6.07 Å². The van der Waals surface area contributed by atoms with Crippen molar-refractivity contribution in [1.29, 1.82) is 0 Å². The SMILES string of the molecule is CCc1c(-c2ccc3cnn(C(C)Cc4nc5c([nH]4)CN[C@H](C(=O)N4CC(CN(C)C)C4)C5)c3c2)ccc(F)c1O. The maximum absolute atomic E-state index is 14.0. The number of nitrogens with one attached hydrogen (secondary N) is 2. The van der Waals surface area contributed by atoms with Gasteiger partial charge in [0.2, 0.25) is 5.91 Å². The zero-order valence-electron chi connectivity index (χ0n) is 24.1. The van der Waals surface area contributed by atoms with Crippen LogP contribution in [-0.4, -0.2) is 80.3 Å². The molecule has 1 amide bonds. The van der Waals surface area contributed by atoms with Crippen LogP contribution in [0.25, 0.3) is 22.0 Å². The summed E-state index contributed by atoms with van der Waals surface area (Å²) < 4.78 is 16.0. The number of likely N-dealkylation sites (tertiary alicyclic amines) is 1. The summed E-state index contributed by atoms with van der Waals surface area (Å²) in [4.78, 5) is 25.6. The molecule has 216 valence electrons. The number of H-pyrrole nitrogens is 1. The Kier molecular flexibility index (Phi) is 7.29. The Hall–Kier alpha value is -3.76. The van der Waals surface area contributed by atoms with Crippen LogP contribution in [0.5, 0.6) is 5.75 Å². The second-order valence-corrected chi connectivity index (χ2v) is 11.8. The first-order valence-corrected chi connectivity index (χ1v) is 14.4. The van der Waals surface area contributed by atoms with Gasteiger partial charge in [0.15, 0.2) is 11.6 Å². The molecule has 3 N–H and O–H groups in total. The van der Waals surface area contributed by atoms with Crippen LogP contribution in [0.2, 0.25) is 0 Å². The summed E-state index contributed by atoms with van der Waals surface area (Å²) in [6.07, 6.45) is 3.62. The van der Waals surface area contributed by atoms with Crippen molar-refractivity contribution in [3.63, 3.8) is 0 Å². The van der Waals surface area contributed by atoms with Gasteiger partial charge in [0.1, 0.15) is 5.82 Å². The molecule has 0 radical (unpaired) electrons. The van der Waals surface area contributed by atoms with Crippen LogP contribution in [0.3, 0.4) is 0 Å². The highest BCUT2D eigenvalue weighted by Gasteiger charge is 2.36. The molecule has 2 aromatic carbocycles. The minimum absolute atomic E-state index is 0.0164. The molecule has 10 heteroatoms. The van der Waals surface area contributed by atoms with Gasteiger partial charge in [-0.25, -0.2) is 9.37 Å². The van der Waals surface area contributed by atoms with Crippen LogP contribution in [-0.2, 0) is 30.6 Å². The number of rotatable bonds is 8. The number of benzene rings is 2. The molecule has 6 rings (SSSR count). The first-order chi connectivity index (χ1) is 19.7. The molecular formula is C31H38FN7O2. The van der Waals surface area contributed by atoms with Crippen molar-refractivity contribution >= 4 is 16.8 Å². The largest absolute Gasteiger partial charge is 0.505 e. The maximum Gasteiger partial charge on any atom is 0.240 e. The maximum atomic E-state index is 14.0. The second-order valence-electron chi connectivity index (χ2n) is 11.8. The first kappa shape index (κ1) is 27.4. The number of hydrogen-bond acceptors (Lipinski definition) is 6. The lowest BCUT2D eigenvalue weighted by Crippen LogP contribution is -2.59. The molecule has 2 aromatic heterocycles. The van der Waals surface area contributed by atoms with Gasteiger partial charge in [-0.05, 0) is 50.7 Å². The molecule has 1 saturated heterocycles. The van der Waals surface area contributed by atoms with E-state index in [1.165, 1.54) is 6.07 Å². The number of halogens is 1. The third-order valence-corrected chi connectivity index (χ3v) is 8.43. The summed E-state index contributed by atoms with van der Waals surface area (Å²) in [5.74, 6) is 0.710. The first-order valence-electron chi connectivity index (χ1n) is 14.4. The average Bonchev–Trinajstić information content (AvgIpc) is 3.54. The van der Waals surface area contributed by atoms with Gasteiger partial charge in [-0.2, -0.15) is 5.10 Å². The van der Waals surface area contributed by atoms with Crippen LogP contribution < -0.4 is 5.32 Å². The number of imidazole rings is 1. The molecule has 2 aliphatic heterocycles. The van der Waals surface area contributed by atoms with Crippen molar-refractivity contribution in [3.05, 3.63) is 65.1 Å². The fraction of sp³-hybridized carbons (Fsp3) is 0.452. The van der Waals surface area contributed by atoms with Gasteiger partial charge >= 0.3 is 0 Å². The topological polar surface area (TPSA) is 102 Å². The van der Waals surface area contributed by atoms with Crippen molar-refractivity contribution in [2.24, 2.45) is 5.92 Å². The van der Waals surface area contributed by atoms with E-state index in [0.717, 1.165) is 58.9 Å². The lowest BCUT2D eigenvalue weighted by Gasteiger charge is -2.42. The van der Waals surface area contributed by atoms with E-state index in [1.807, 2.05) is 34.8 Å². The molecule has 0 spiro atoms. The zero-order chi connectivity index (χ0) is 28.8. The zero-order valence-corrected chi connectivity index (χ0v) is 24.1. The van der Waals surface area contributed by atoms with E-state index >= 15 is 0 Å². The monoisotopic (exact) mass is 559 g/mol. The van der Waals surface area contributed by atoms with E-state index in [4.69, 9.17) is 4.98 Å². The summed E-state index contributed by atoms with van der Waals surface area (Å²) in [6.45, 7) is 7.28. The highest BCUT2D eigenvalue weighted by Crippen LogP contribution is 2.34. The van der Waals surface area contributed by atoms with Gasteiger partial charge in [-0.3, -0.25) is 14.8 Å². The number of phenolic OH excluding ortho intramolecular Hbond substituents is 1. The highest BCUT2D eigenvalue weighted by atomic mass is 19.1. The molecule has 2 aliphatic rings. The number of fused-ring (bicyclic) bond motifs is 2. The Labute approximate surface area is 239 Å². The van der Waals surface area contributed by atoms with Gasteiger partial charge in [0.05, 0.1) is 35.2 Å². The van der Waals surface area contributed by atoms with Crippen molar-refractivity contribution in [3.8, 4) is 16.9 Å². The molecule has 0 aliphatic carbocycles. The van der Waals surface area contributed by atoms with Crippen molar-refractivity contribution in [2.45, 2.75) is 51.7 Å².